The van der Waals surface area contributed by atoms with Gasteiger partial charge in [-0.1, -0.05) is 29.5 Å². The van der Waals surface area contributed by atoms with E-state index in [4.69, 9.17) is 9.47 Å². The second-order valence-corrected chi connectivity index (χ2v) is 9.68. The number of hydrogen-bond acceptors (Lipinski definition) is 4. The van der Waals surface area contributed by atoms with Crippen LogP contribution in [-0.4, -0.2) is 36.8 Å². The summed E-state index contributed by atoms with van der Waals surface area (Å²) in [4.78, 5) is 16.7. The highest BCUT2D eigenvalue weighted by Crippen LogP contribution is 2.39. The Bertz CT molecular complexity index is 834. The van der Waals surface area contributed by atoms with E-state index in [0.717, 1.165) is 31.7 Å². The normalized spacial score (nSPS) is 15.3. The molecule has 2 aromatic carbocycles. The number of likely N-dealkylation sites (tertiary alicyclic amines) is 1. The standard InChI is InChI=1S/C24H31NO3S/c1-17-6-11-22(29-20-9-7-19(27-5)8-10-20)21(16-17)18-12-14-25(15-13-18)23(26)28-24(2,3)4/h6-11,16,18H,12-15H2,1-5H3. The number of ether oxygens (including phenoxy) is 2. The van der Waals surface area contributed by atoms with Gasteiger partial charge in [-0.3, -0.25) is 0 Å². The van der Waals surface area contributed by atoms with Gasteiger partial charge in [-0.05, 0) is 82.3 Å². The first-order valence-corrected chi connectivity index (χ1v) is 11.0. The van der Waals surface area contributed by atoms with Crippen molar-refractivity contribution in [2.24, 2.45) is 0 Å². The number of amides is 1. The quantitative estimate of drug-likeness (QED) is 0.592. The van der Waals surface area contributed by atoms with Crippen molar-refractivity contribution in [3.05, 3.63) is 53.6 Å². The summed E-state index contributed by atoms with van der Waals surface area (Å²) in [7, 11) is 1.68. The Morgan fingerprint density at radius 1 is 1.07 bits per heavy atom. The summed E-state index contributed by atoms with van der Waals surface area (Å²) in [5, 5.41) is 0. The lowest BCUT2D eigenvalue weighted by Crippen LogP contribution is -2.41. The van der Waals surface area contributed by atoms with E-state index in [0.29, 0.717) is 5.92 Å². The second kappa shape index (κ2) is 9.12. The van der Waals surface area contributed by atoms with Crippen LogP contribution >= 0.6 is 11.8 Å². The van der Waals surface area contributed by atoms with Gasteiger partial charge < -0.3 is 14.4 Å². The van der Waals surface area contributed by atoms with Crippen molar-refractivity contribution >= 4 is 17.9 Å². The Labute approximate surface area is 178 Å². The van der Waals surface area contributed by atoms with Crippen molar-refractivity contribution in [3.63, 3.8) is 0 Å². The fourth-order valence-corrected chi connectivity index (χ4v) is 4.56. The SMILES string of the molecule is COc1ccc(Sc2ccc(C)cc2C2CCN(C(=O)OC(C)(C)C)CC2)cc1. The van der Waals surface area contributed by atoms with E-state index >= 15 is 0 Å². The smallest absolute Gasteiger partial charge is 0.410 e. The average molecular weight is 414 g/mol. The lowest BCUT2D eigenvalue weighted by Gasteiger charge is -2.34. The number of carbonyl (C=O) groups is 1. The summed E-state index contributed by atoms with van der Waals surface area (Å²) in [6.45, 7) is 9.34. The molecule has 0 unspecified atom stereocenters. The van der Waals surface area contributed by atoms with Gasteiger partial charge in [-0.25, -0.2) is 4.79 Å². The van der Waals surface area contributed by atoms with Crippen LogP contribution in [0.5, 0.6) is 5.75 Å². The van der Waals surface area contributed by atoms with E-state index < -0.39 is 5.60 Å². The molecule has 0 saturated carbocycles. The minimum Gasteiger partial charge on any atom is -0.497 e. The average Bonchev–Trinajstić information content (AvgIpc) is 2.69. The minimum absolute atomic E-state index is 0.201. The molecular weight excluding hydrogens is 382 g/mol. The number of hydrogen-bond donors (Lipinski definition) is 0. The van der Waals surface area contributed by atoms with Gasteiger partial charge in [0.1, 0.15) is 11.4 Å². The lowest BCUT2D eigenvalue weighted by molar-refractivity contribution is 0.0204. The third kappa shape index (κ3) is 5.92. The Hall–Kier alpha value is -2.14. The monoisotopic (exact) mass is 413 g/mol. The number of piperidine rings is 1. The Morgan fingerprint density at radius 2 is 1.72 bits per heavy atom. The molecule has 0 spiro atoms. The molecule has 0 N–H and O–H groups in total. The van der Waals surface area contributed by atoms with Gasteiger partial charge in [0.25, 0.3) is 0 Å². The minimum atomic E-state index is -0.452. The summed E-state index contributed by atoms with van der Waals surface area (Å²) >= 11 is 1.79. The third-order valence-electron chi connectivity index (χ3n) is 5.04. The predicted octanol–water partition coefficient (Wildman–Crippen LogP) is 6.27. The maximum atomic E-state index is 12.4. The molecular formula is C24H31NO3S. The molecule has 0 aromatic heterocycles. The van der Waals surface area contributed by atoms with Crippen LogP contribution in [0.4, 0.5) is 4.79 Å². The van der Waals surface area contributed by atoms with Gasteiger partial charge in [0.15, 0.2) is 0 Å². The zero-order chi connectivity index (χ0) is 21.0. The molecule has 1 amide bonds. The fraction of sp³-hybridized carbons (Fsp3) is 0.458. The number of carbonyl (C=O) groups excluding carboxylic acids is 1. The van der Waals surface area contributed by atoms with Crippen molar-refractivity contribution in [3.8, 4) is 5.75 Å². The highest BCUT2D eigenvalue weighted by Gasteiger charge is 2.28. The summed E-state index contributed by atoms with van der Waals surface area (Å²) < 4.78 is 10.8. The number of methoxy groups -OCH3 is 1. The molecule has 1 fully saturated rings. The maximum Gasteiger partial charge on any atom is 0.410 e. The van der Waals surface area contributed by atoms with Crippen molar-refractivity contribution in [1.29, 1.82) is 0 Å². The van der Waals surface area contributed by atoms with Gasteiger partial charge in [-0.15, -0.1) is 0 Å². The van der Waals surface area contributed by atoms with Crippen LogP contribution in [0.1, 0.15) is 50.7 Å². The van der Waals surface area contributed by atoms with E-state index in [1.54, 1.807) is 18.9 Å². The predicted molar refractivity (Wildman–Crippen MR) is 118 cm³/mol. The fourth-order valence-electron chi connectivity index (χ4n) is 3.55. The van der Waals surface area contributed by atoms with Crippen molar-refractivity contribution in [2.45, 2.75) is 61.8 Å². The molecule has 1 aliphatic rings. The zero-order valence-electron chi connectivity index (χ0n) is 18.0. The molecule has 0 atom stereocenters. The number of rotatable bonds is 4. The molecule has 29 heavy (non-hydrogen) atoms. The van der Waals surface area contributed by atoms with Crippen LogP contribution in [-0.2, 0) is 4.74 Å². The van der Waals surface area contributed by atoms with Crippen LogP contribution < -0.4 is 4.74 Å². The Kier molecular flexibility index (Phi) is 6.78. The molecule has 0 aliphatic carbocycles. The number of nitrogens with zero attached hydrogens (tertiary/aromatic N) is 1. The Morgan fingerprint density at radius 3 is 2.31 bits per heavy atom. The van der Waals surface area contributed by atoms with Gasteiger partial charge in [-0.2, -0.15) is 0 Å². The van der Waals surface area contributed by atoms with Crippen LogP contribution in [0.25, 0.3) is 0 Å². The molecule has 2 aromatic rings. The van der Waals surface area contributed by atoms with Crippen molar-refractivity contribution in [1.82, 2.24) is 4.90 Å². The molecule has 0 bridgehead atoms. The molecule has 5 heteroatoms. The second-order valence-electron chi connectivity index (χ2n) is 8.56. The van der Waals surface area contributed by atoms with Gasteiger partial charge in [0.05, 0.1) is 7.11 Å². The van der Waals surface area contributed by atoms with Gasteiger partial charge >= 0.3 is 6.09 Å². The Balaban J connectivity index is 1.70. The molecule has 1 heterocycles. The maximum absolute atomic E-state index is 12.4. The lowest BCUT2D eigenvalue weighted by atomic mass is 9.89. The first-order valence-electron chi connectivity index (χ1n) is 10.2. The van der Waals surface area contributed by atoms with Gasteiger partial charge in [0, 0.05) is 22.9 Å². The molecule has 156 valence electrons. The van der Waals surface area contributed by atoms with E-state index in [9.17, 15) is 4.79 Å². The summed E-state index contributed by atoms with van der Waals surface area (Å²) in [6.07, 6.45) is 1.71. The number of benzene rings is 2. The summed E-state index contributed by atoms with van der Waals surface area (Å²) in [6, 6.07) is 14.9. The number of aryl methyl sites for hydroxylation is 1. The summed E-state index contributed by atoms with van der Waals surface area (Å²) in [5.74, 6) is 1.32. The van der Waals surface area contributed by atoms with Crippen molar-refractivity contribution in [2.75, 3.05) is 20.2 Å². The van der Waals surface area contributed by atoms with Crippen LogP contribution in [0.2, 0.25) is 0 Å². The van der Waals surface area contributed by atoms with E-state index in [-0.39, 0.29) is 6.09 Å². The van der Waals surface area contributed by atoms with E-state index in [1.807, 2.05) is 37.8 Å². The van der Waals surface area contributed by atoms with Gasteiger partial charge in [0.2, 0.25) is 0 Å². The highest BCUT2D eigenvalue weighted by atomic mass is 32.2. The molecule has 3 rings (SSSR count). The van der Waals surface area contributed by atoms with Crippen LogP contribution in [0.15, 0.2) is 52.3 Å². The van der Waals surface area contributed by atoms with Crippen LogP contribution in [0.3, 0.4) is 0 Å². The molecule has 1 aliphatic heterocycles. The molecule has 1 saturated heterocycles. The highest BCUT2D eigenvalue weighted by molar-refractivity contribution is 7.99. The van der Waals surface area contributed by atoms with E-state index in [1.165, 1.54) is 20.9 Å². The third-order valence-corrected chi connectivity index (χ3v) is 6.14. The molecule has 0 radical (unpaired) electrons. The van der Waals surface area contributed by atoms with E-state index in [2.05, 4.69) is 37.3 Å². The first kappa shape index (κ1) is 21.6. The van der Waals surface area contributed by atoms with Crippen molar-refractivity contribution < 1.29 is 14.3 Å². The first-order chi connectivity index (χ1) is 13.7. The molecule has 4 nitrogen and oxygen atoms in total. The largest absolute Gasteiger partial charge is 0.497 e. The zero-order valence-corrected chi connectivity index (χ0v) is 18.8. The topological polar surface area (TPSA) is 38.8 Å². The van der Waals surface area contributed by atoms with Crippen LogP contribution in [0, 0.1) is 6.92 Å². The summed E-state index contributed by atoms with van der Waals surface area (Å²) in [5.41, 5.74) is 2.20.